The summed E-state index contributed by atoms with van der Waals surface area (Å²) in [5.41, 5.74) is 3.05. The molecule has 0 radical (unpaired) electrons. The van der Waals surface area contributed by atoms with E-state index in [9.17, 15) is 4.79 Å². The number of thioether (sulfide) groups is 1. The maximum Gasteiger partial charge on any atom is 0.209 e. The van der Waals surface area contributed by atoms with Crippen LogP contribution in [0, 0.1) is 5.41 Å². The lowest BCUT2D eigenvalue weighted by Gasteiger charge is -2.33. The molecule has 2 aliphatic rings. The van der Waals surface area contributed by atoms with Crippen molar-refractivity contribution in [3.8, 4) is 5.75 Å². The Kier molecular flexibility index (Phi) is 4.49. The average molecular weight is 384 g/mol. The van der Waals surface area contributed by atoms with Crippen LogP contribution >= 0.6 is 11.8 Å². The van der Waals surface area contributed by atoms with Crippen molar-refractivity contribution in [1.82, 2.24) is 15.2 Å². The third kappa shape index (κ3) is 2.85. The van der Waals surface area contributed by atoms with Crippen LogP contribution in [-0.4, -0.2) is 33.3 Å². The van der Waals surface area contributed by atoms with E-state index in [4.69, 9.17) is 9.72 Å². The maximum absolute atomic E-state index is 12.5. The molecule has 6 heteroatoms. The van der Waals surface area contributed by atoms with E-state index in [-0.39, 0.29) is 16.6 Å². The fourth-order valence-corrected chi connectivity index (χ4v) is 5.22. The largest absolute Gasteiger partial charge is 0.494 e. The molecule has 2 atom stereocenters. The predicted molar refractivity (Wildman–Crippen MR) is 106 cm³/mol. The highest BCUT2D eigenvalue weighted by Gasteiger charge is 2.61. The maximum atomic E-state index is 12.5. The SMILES string of the molecule is CCOc1ccc(C(=O)CSc2nnc3c(n2)[C@@]2(C)CC[C@@H]3C2(C)C)cc1. The summed E-state index contributed by atoms with van der Waals surface area (Å²) in [4.78, 5) is 17.3. The highest BCUT2D eigenvalue weighted by molar-refractivity contribution is 7.99. The number of aromatic nitrogens is 3. The van der Waals surface area contributed by atoms with Gasteiger partial charge in [0.15, 0.2) is 5.78 Å². The van der Waals surface area contributed by atoms with Gasteiger partial charge in [-0.3, -0.25) is 4.79 Å². The van der Waals surface area contributed by atoms with E-state index in [0.717, 1.165) is 30.0 Å². The van der Waals surface area contributed by atoms with Crippen LogP contribution in [0.1, 0.15) is 68.2 Å². The fourth-order valence-electron chi connectivity index (χ4n) is 4.54. The Morgan fingerprint density at radius 1 is 1.22 bits per heavy atom. The van der Waals surface area contributed by atoms with Crippen molar-refractivity contribution < 1.29 is 9.53 Å². The van der Waals surface area contributed by atoms with Crippen LogP contribution in [0.5, 0.6) is 5.75 Å². The smallest absolute Gasteiger partial charge is 0.209 e. The van der Waals surface area contributed by atoms with Gasteiger partial charge in [-0.25, -0.2) is 4.98 Å². The van der Waals surface area contributed by atoms with Gasteiger partial charge < -0.3 is 4.74 Å². The molecule has 0 aliphatic heterocycles. The first-order chi connectivity index (χ1) is 12.9. The summed E-state index contributed by atoms with van der Waals surface area (Å²) in [7, 11) is 0. The number of fused-ring (bicyclic) bond motifs is 5. The Morgan fingerprint density at radius 3 is 2.67 bits per heavy atom. The first kappa shape index (κ1) is 18.4. The van der Waals surface area contributed by atoms with Crippen molar-refractivity contribution >= 4 is 17.5 Å². The van der Waals surface area contributed by atoms with Crippen molar-refractivity contribution in [2.75, 3.05) is 12.4 Å². The van der Waals surface area contributed by atoms with E-state index < -0.39 is 0 Å². The molecule has 1 aromatic heterocycles. The van der Waals surface area contributed by atoms with E-state index in [1.165, 1.54) is 11.8 Å². The molecular formula is C21H25N3O2S. The van der Waals surface area contributed by atoms with Gasteiger partial charge >= 0.3 is 0 Å². The van der Waals surface area contributed by atoms with Crippen molar-refractivity contribution in [3.05, 3.63) is 41.2 Å². The van der Waals surface area contributed by atoms with Crippen molar-refractivity contribution in [3.63, 3.8) is 0 Å². The molecule has 4 rings (SSSR count). The Labute approximate surface area is 164 Å². The van der Waals surface area contributed by atoms with E-state index in [2.05, 4.69) is 31.0 Å². The molecule has 5 nitrogen and oxygen atoms in total. The van der Waals surface area contributed by atoms with E-state index in [0.29, 0.717) is 29.0 Å². The van der Waals surface area contributed by atoms with Crippen LogP contribution in [0.2, 0.25) is 0 Å². The summed E-state index contributed by atoms with van der Waals surface area (Å²) in [6.07, 6.45) is 2.31. The summed E-state index contributed by atoms with van der Waals surface area (Å²) in [6.45, 7) is 9.48. The number of carbonyl (C=O) groups is 1. The molecule has 1 fully saturated rings. The molecule has 142 valence electrons. The second kappa shape index (κ2) is 6.59. The number of ketones is 1. The van der Waals surface area contributed by atoms with Gasteiger partial charge in [-0.2, -0.15) is 5.10 Å². The van der Waals surface area contributed by atoms with Crippen molar-refractivity contribution in [1.29, 1.82) is 0 Å². The molecule has 1 aromatic carbocycles. The first-order valence-electron chi connectivity index (χ1n) is 9.51. The number of rotatable bonds is 6. The molecule has 0 amide bonds. The van der Waals surface area contributed by atoms with Crippen molar-refractivity contribution in [2.45, 2.75) is 57.0 Å². The van der Waals surface area contributed by atoms with Gasteiger partial charge in [0, 0.05) is 16.9 Å². The minimum absolute atomic E-state index is 0.0529. The number of carbonyl (C=O) groups excluding carboxylic acids is 1. The number of benzene rings is 1. The molecule has 0 saturated heterocycles. The molecule has 0 spiro atoms. The number of ether oxygens (including phenoxy) is 1. The second-order valence-corrected chi connectivity index (χ2v) is 9.09. The van der Waals surface area contributed by atoms with E-state index >= 15 is 0 Å². The van der Waals surface area contributed by atoms with Gasteiger partial charge in [-0.05, 0) is 49.4 Å². The molecule has 1 heterocycles. The molecule has 0 unspecified atom stereocenters. The quantitative estimate of drug-likeness (QED) is 0.543. The molecule has 0 N–H and O–H groups in total. The van der Waals surface area contributed by atoms with Crippen LogP contribution in [-0.2, 0) is 5.41 Å². The molecule has 2 aliphatic carbocycles. The Hall–Kier alpha value is -1.95. The lowest BCUT2D eigenvalue weighted by Crippen LogP contribution is -2.32. The first-order valence-corrected chi connectivity index (χ1v) is 10.5. The van der Waals surface area contributed by atoms with Crippen LogP contribution in [0.3, 0.4) is 0 Å². The monoisotopic (exact) mass is 383 g/mol. The summed E-state index contributed by atoms with van der Waals surface area (Å²) in [5.74, 6) is 1.58. The van der Waals surface area contributed by atoms with Gasteiger partial charge in [-0.1, -0.05) is 32.5 Å². The zero-order valence-corrected chi connectivity index (χ0v) is 17.1. The normalized spacial score (nSPS) is 24.7. The fraction of sp³-hybridized carbons (Fsp3) is 0.524. The lowest BCUT2D eigenvalue weighted by molar-refractivity contribution is 0.102. The average Bonchev–Trinajstić information content (AvgIpc) is 2.99. The van der Waals surface area contributed by atoms with Gasteiger partial charge in [0.05, 0.1) is 23.7 Å². The third-order valence-electron chi connectivity index (χ3n) is 6.59. The number of Topliss-reactive ketones (excluding diaryl/α,β-unsaturated/α-hetero) is 1. The third-order valence-corrected chi connectivity index (χ3v) is 7.43. The summed E-state index contributed by atoms with van der Waals surface area (Å²) in [5, 5.41) is 9.40. The molecule has 27 heavy (non-hydrogen) atoms. The summed E-state index contributed by atoms with van der Waals surface area (Å²) >= 11 is 1.36. The topological polar surface area (TPSA) is 65.0 Å². The Bertz CT molecular complexity index is 881. The van der Waals surface area contributed by atoms with E-state index in [1.54, 1.807) is 12.1 Å². The lowest BCUT2D eigenvalue weighted by atomic mass is 9.70. The Balaban J connectivity index is 1.47. The summed E-state index contributed by atoms with van der Waals surface area (Å²) < 4.78 is 5.42. The minimum atomic E-state index is 0.0529. The van der Waals surface area contributed by atoms with Gasteiger partial charge in [0.2, 0.25) is 5.16 Å². The van der Waals surface area contributed by atoms with Gasteiger partial charge in [-0.15, -0.1) is 5.10 Å². The standard InChI is InChI=1S/C21H25N3O2S/c1-5-26-14-8-6-13(7-9-14)16(25)12-27-19-22-18-17(23-24-19)15-10-11-21(18,4)20(15,2)3/h6-9,15H,5,10-12H2,1-4H3/t15-,21+/m0/s1. The van der Waals surface area contributed by atoms with Crippen LogP contribution < -0.4 is 4.74 Å². The van der Waals surface area contributed by atoms with Gasteiger partial charge in [0.25, 0.3) is 0 Å². The second-order valence-electron chi connectivity index (χ2n) is 8.14. The highest BCUT2D eigenvalue weighted by Crippen LogP contribution is 2.66. The number of hydrogen-bond donors (Lipinski definition) is 0. The van der Waals surface area contributed by atoms with E-state index in [1.807, 2.05) is 19.1 Å². The number of nitrogens with zero attached hydrogens (tertiary/aromatic N) is 3. The molecule has 1 saturated carbocycles. The van der Waals surface area contributed by atoms with Crippen LogP contribution in [0.25, 0.3) is 0 Å². The van der Waals surface area contributed by atoms with Crippen LogP contribution in [0.4, 0.5) is 0 Å². The highest BCUT2D eigenvalue weighted by atomic mass is 32.2. The Morgan fingerprint density at radius 2 is 1.96 bits per heavy atom. The van der Waals surface area contributed by atoms with Crippen LogP contribution in [0.15, 0.2) is 29.4 Å². The molecule has 2 aromatic rings. The zero-order chi connectivity index (χ0) is 19.2. The predicted octanol–water partition coefficient (Wildman–Crippen LogP) is 4.42. The van der Waals surface area contributed by atoms with Gasteiger partial charge in [0.1, 0.15) is 5.75 Å². The number of hydrogen-bond acceptors (Lipinski definition) is 6. The minimum Gasteiger partial charge on any atom is -0.494 e. The molecular weight excluding hydrogens is 358 g/mol. The van der Waals surface area contributed by atoms with Crippen molar-refractivity contribution in [2.24, 2.45) is 5.41 Å². The summed E-state index contributed by atoms with van der Waals surface area (Å²) in [6, 6.07) is 7.26. The zero-order valence-electron chi connectivity index (χ0n) is 16.3. The molecule has 2 bridgehead atoms.